The Hall–Kier alpha value is -2.47. The molecule has 0 saturated carbocycles. The zero-order valence-electron chi connectivity index (χ0n) is 12.0. The molecule has 2 aromatic carbocycles. The van der Waals surface area contributed by atoms with Crippen molar-refractivity contribution < 1.29 is 0 Å². The monoisotopic (exact) mass is 277 g/mol. The number of anilines is 2. The highest BCUT2D eigenvalue weighted by molar-refractivity contribution is 5.62. The highest BCUT2D eigenvalue weighted by atomic mass is 15.2. The number of nitrogens with zero attached hydrogens (tertiary/aromatic N) is 2. The van der Waals surface area contributed by atoms with Crippen molar-refractivity contribution in [2.45, 2.75) is 25.3 Å². The minimum Gasteiger partial charge on any atom is -0.399 e. The quantitative estimate of drug-likeness (QED) is 0.871. The van der Waals surface area contributed by atoms with Crippen molar-refractivity contribution in [3.05, 3.63) is 59.7 Å². The van der Waals surface area contributed by atoms with Gasteiger partial charge in [0.1, 0.15) is 0 Å². The molecular formula is C18H19N3. The summed E-state index contributed by atoms with van der Waals surface area (Å²) in [6.45, 7) is 0.984. The van der Waals surface area contributed by atoms with Gasteiger partial charge in [-0.15, -0.1) is 0 Å². The molecule has 0 spiro atoms. The maximum Gasteiger partial charge on any atom is 0.0672 e. The van der Waals surface area contributed by atoms with Crippen molar-refractivity contribution >= 4 is 11.4 Å². The van der Waals surface area contributed by atoms with E-state index in [-0.39, 0.29) is 6.04 Å². The first-order valence-electron chi connectivity index (χ1n) is 7.36. The van der Waals surface area contributed by atoms with E-state index in [0.29, 0.717) is 6.42 Å². The van der Waals surface area contributed by atoms with E-state index in [0.717, 1.165) is 25.1 Å². The summed E-state index contributed by atoms with van der Waals surface area (Å²) >= 11 is 0. The van der Waals surface area contributed by atoms with Gasteiger partial charge in [0.15, 0.2) is 0 Å². The van der Waals surface area contributed by atoms with Crippen molar-refractivity contribution in [3.8, 4) is 6.07 Å². The molecule has 3 rings (SSSR count). The van der Waals surface area contributed by atoms with Gasteiger partial charge in [-0.05, 0) is 42.2 Å². The molecule has 1 atom stereocenters. The molecule has 0 aliphatic carbocycles. The third-order valence-corrected chi connectivity index (χ3v) is 4.10. The number of benzene rings is 2. The lowest BCUT2D eigenvalue weighted by atomic mass is 9.95. The molecule has 0 bridgehead atoms. The van der Waals surface area contributed by atoms with Gasteiger partial charge in [0.05, 0.1) is 18.5 Å². The summed E-state index contributed by atoms with van der Waals surface area (Å²) in [7, 11) is 0. The molecule has 0 aromatic heterocycles. The van der Waals surface area contributed by atoms with Crippen LogP contribution in [0.5, 0.6) is 0 Å². The number of hydrogen-bond donors (Lipinski definition) is 1. The summed E-state index contributed by atoms with van der Waals surface area (Å²) < 4.78 is 0. The molecular weight excluding hydrogens is 258 g/mol. The molecule has 1 aliphatic rings. The Labute approximate surface area is 125 Å². The fourth-order valence-electron chi connectivity index (χ4n) is 3.14. The first kappa shape index (κ1) is 13.5. The van der Waals surface area contributed by atoms with Crippen LogP contribution in [0.25, 0.3) is 0 Å². The molecule has 0 fully saturated rings. The highest BCUT2D eigenvalue weighted by Crippen LogP contribution is 2.36. The lowest BCUT2D eigenvalue weighted by Crippen LogP contribution is -2.33. The molecule has 0 saturated heterocycles. The van der Waals surface area contributed by atoms with Crippen LogP contribution in [0.15, 0.2) is 48.5 Å². The Morgan fingerprint density at radius 2 is 2.00 bits per heavy atom. The number of nitrogens with two attached hydrogens (primary N) is 1. The standard InChI is InChI=1S/C18H19N3/c19-11-10-18(14-5-2-1-3-6-14)21-12-4-7-15-13-16(20)8-9-17(15)21/h1-3,5-6,8-9,13,18H,4,7,10,12,20H2. The van der Waals surface area contributed by atoms with E-state index in [1.807, 2.05) is 24.3 Å². The molecule has 1 unspecified atom stereocenters. The first-order valence-corrected chi connectivity index (χ1v) is 7.36. The molecule has 1 aliphatic heterocycles. The van der Waals surface area contributed by atoms with Gasteiger partial charge in [-0.25, -0.2) is 0 Å². The SMILES string of the molecule is N#CCC(c1ccccc1)N1CCCc2cc(N)ccc21. The number of fused-ring (bicyclic) bond motifs is 1. The largest absolute Gasteiger partial charge is 0.399 e. The van der Waals surface area contributed by atoms with E-state index >= 15 is 0 Å². The second-order valence-electron chi connectivity index (χ2n) is 5.47. The average Bonchev–Trinajstić information content (AvgIpc) is 2.53. The van der Waals surface area contributed by atoms with Crippen LogP contribution in [-0.4, -0.2) is 6.54 Å². The normalized spacial score (nSPS) is 15.1. The Morgan fingerprint density at radius 3 is 2.76 bits per heavy atom. The van der Waals surface area contributed by atoms with Gasteiger partial charge < -0.3 is 10.6 Å². The Kier molecular flexibility index (Phi) is 3.79. The molecule has 3 nitrogen and oxygen atoms in total. The maximum atomic E-state index is 9.22. The van der Waals surface area contributed by atoms with Crippen LogP contribution < -0.4 is 10.6 Å². The summed E-state index contributed by atoms with van der Waals surface area (Å²) in [6, 6.07) is 18.9. The van der Waals surface area contributed by atoms with Crippen LogP contribution in [0.4, 0.5) is 11.4 Å². The number of aryl methyl sites for hydroxylation is 1. The van der Waals surface area contributed by atoms with Crippen LogP contribution in [-0.2, 0) is 6.42 Å². The van der Waals surface area contributed by atoms with Gasteiger partial charge in [-0.1, -0.05) is 30.3 Å². The molecule has 106 valence electrons. The average molecular weight is 277 g/mol. The molecule has 0 amide bonds. The second kappa shape index (κ2) is 5.88. The molecule has 1 heterocycles. The summed E-state index contributed by atoms with van der Waals surface area (Å²) in [5, 5.41) is 9.22. The fourth-order valence-corrected chi connectivity index (χ4v) is 3.14. The summed E-state index contributed by atoms with van der Waals surface area (Å²) in [5.74, 6) is 0. The van der Waals surface area contributed by atoms with E-state index in [1.54, 1.807) is 0 Å². The van der Waals surface area contributed by atoms with Gasteiger partial charge >= 0.3 is 0 Å². The summed E-state index contributed by atoms with van der Waals surface area (Å²) in [4.78, 5) is 2.36. The van der Waals surface area contributed by atoms with Crippen LogP contribution >= 0.6 is 0 Å². The van der Waals surface area contributed by atoms with E-state index in [1.165, 1.54) is 16.8 Å². The van der Waals surface area contributed by atoms with Crippen molar-refractivity contribution in [1.82, 2.24) is 0 Å². The van der Waals surface area contributed by atoms with Gasteiger partial charge in [-0.2, -0.15) is 5.26 Å². The van der Waals surface area contributed by atoms with Gasteiger partial charge in [0.2, 0.25) is 0 Å². The third-order valence-electron chi connectivity index (χ3n) is 4.10. The maximum absolute atomic E-state index is 9.22. The minimum absolute atomic E-state index is 0.110. The van der Waals surface area contributed by atoms with Crippen LogP contribution in [0, 0.1) is 11.3 Å². The fraction of sp³-hybridized carbons (Fsp3) is 0.278. The number of nitrogen functional groups attached to an aromatic ring is 1. The van der Waals surface area contributed by atoms with E-state index in [9.17, 15) is 5.26 Å². The molecule has 2 aromatic rings. The molecule has 3 heteroatoms. The number of nitriles is 1. The van der Waals surface area contributed by atoms with Crippen molar-refractivity contribution in [1.29, 1.82) is 5.26 Å². The van der Waals surface area contributed by atoms with Crippen molar-refractivity contribution in [3.63, 3.8) is 0 Å². The van der Waals surface area contributed by atoms with Crippen LogP contribution in [0.1, 0.15) is 30.0 Å². The molecule has 0 radical (unpaired) electrons. The molecule has 21 heavy (non-hydrogen) atoms. The van der Waals surface area contributed by atoms with Crippen LogP contribution in [0.2, 0.25) is 0 Å². The first-order chi connectivity index (χ1) is 10.3. The smallest absolute Gasteiger partial charge is 0.0672 e. The van der Waals surface area contributed by atoms with E-state index < -0.39 is 0 Å². The predicted octanol–water partition coefficient (Wildman–Crippen LogP) is 3.68. The minimum atomic E-state index is 0.110. The Balaban J connectivity index is 2.01. The van der Waals surface area contributed by atoms with Gasteiger partial charge in [-0.3, -0.25) is 0 Å². The summed E-state index contributed by atoms with van der Waals surface area (Å²) in [5.41, 5.74) is 10.4. The predicted molar refractivity (Wildman–Crippen MR) is 85.9 cm³/mol. The van der Waals surface area contributed by atoms with Crippen LogP contribution in [0.3, 0.4) is 0 Å². The Bertz CT molecular complexity index is 658. The topological polar surface area (TPSA) is 53.0 Å². The van der Waals surface area contributed by atoms with E-state index in [4.69, 9.17) is 5.73 Å². The lowest BCUT2D eigenvalue weighted by Gasteiger charge is -2.37. The Morgan fingerprint density at radius 1 is 1.19 bits per heavy atom. The van der Waals surface area contributed by atoms with E-state index in [2.05, 4.69) is 35.2 Å². The van der Waals surface area contributed by atoms with Gasteiger partial charge in [0, 0.05) is 17.9 Å². The molecule has 2 N–H and O–H groups in total. The highest BCUT2D eigenvalue weighted by Gasteiger charge is 2.25. The van der Waals surface area contributed by atoms with Gasteiger partial charge in [0.25, 0.3) is 0 Å². The third kappa shape index (κ3) is 2.71. The lowest BCUT2D eigenvalue weighted by molar-refractivity contribution is 0.589. The number of rotatable bonds is 3. The zero-order valence-corrected chi connectivity index (χ0v) is 12.0. The van der Waals surface area contributed by atoms with Crippen molar-refractivity contribution in [2.24, 2.45) is 0 Å². The zero-order chi connectivity index (χ0) is 14.7. The second-order valence-corrected chi connectivity index (χ2v) is 5.47. The van der Waals surface area contributed by atoms with Crippen molar-refractivity contribution in [2.75, 3.05) is 17.2 Å². The number of hydrogen-bond acceptors (Lipinski definition) is 3. The summed E-state index contributed by atoms with van der Waals surface area (Å²) in [6.07, 6.45) is 2.66.